The molecule has 0 bridgehead atoms. The predicted octanol–water partition coefficient (Wildman–Crippen LogP) is 1.47. The second kappa shape index (κ2) is 8.69. The molecule has 1 aromatic rings. The van der Waals surface area contributed by atoms with E-state index in [2.05, 4.69) is 16.0 Å². The molecule has 1 aromatic carbocycles. The van der Waals surface area contributed by atoms with Crippen LogP contribution in [0.3, 0.4) is 0 Å². The quantitative estimate of drug-likeness (QED) is 0.599. The zero-order valence-electron chi connectivity index (χ0n) is 17.5. The van der Waals surface area contributed by atoms with Crippen molar-refractivity contribution in [1.29, 1.82) is 0 Å². The number of aryl methyl sites for hydroxylation is 1. The Balaban J connectivity index is 2.12. The summed E-state index contributed by atoms with van der Waals surface area (Å²) in [5.74, 6) is -0.694. The van der Waals surface area contributed by atoms with E-state index in [9.17, 15) is 19.5 Å². The number of rotatable bonds is 4. The molecule has 0 aliphatic carbocycles. The molecule has 1 aliphatic rings. The maximum Gasteiger partial charge on any atom is 0.408 e. The summed E-state index contributed by atoms with van der Waals surface area (Å²) in [4.78, 5) is 37.3. The molecule has 29 heavy (non-hydrogen) atoms. The highest BCUT2D eigenvalue weighted by Crippen LogP contribution is 2.30. The highest BCUT2D eigenvalue weighted by molar-refractivity contribution is 6.00. The Hall–Kier alpha value is -2.81. The van der Waals surface area contributed by atoms with E-state index in [-0.39, 0.29) is 0 Å². The molecule has 0 radical (unpaired) electrons. The number of hydrogen-bond donors (Lipinski definition) is 4. The number of ether oxygens (including phenoxy) is 2. The van der Waals surface area contributed by atoms with Gasteiger partial charge in [0.25, 0.3) is 5.91 Å². The molecule has 1 aliphatic heterocycles. The molecule has 3 amide bonds. The van der Waals surface area contributed by atoms with Crippen LogP contribution in [0.15, 0.2) is 18.2 Å². The first-order chi connectivity index (χ1) is 13.4. The topological polar surface area (TPSA) is 126 Å². The fraction of sp³-hybridized carbons (Fsp3) is 0.550. The maximum absolute atomic E-state index is 12.7. The molecule has 0 unspecified atom stereocenters. The second-order valence-electron chi connectivity index (χ2n) is 8.16. The largest absolute Gasteiger partial charge is 0.486 e. The summed E-state index contributed by atoms with van der Waals surface area (Å²) < 4.78 is 11.0. The van der Waals surface area contributed by atoms with Gasteiger partial charge in [-0.05, 0) is 59.2 Å². The lowest BCUT2D eigenvalue weighted by Crippen LogP contribution is -2.59. The number of aliphatic hydroxyl groups excluding tert-OH is 1. The number of nitrogens with one attached hydrogen (secondary N) is 3. The lowest BCUT2D eigenvalue weighted by molar-refractivity contribution is -0.131. The summed E-state index contributed by atoms with van der Waals surface area (Å²) in [6, 6.07) is 3.01. The first-order valence-corrected chi connectivity index (χ1v) is 9.43. The minimum Gasteiger partial charge on any atom is -0.486 e. The van der Waals surface area contributed by atoms with Crippen molar-refractivity contribution in [2.45, 2.75) is 71.4 Å². The summed E-state index contributed by atoms with van der Waals surface area (Å²) in [6.07, 6.45) is -2.75. The average molecular weight is 407 g/mol. The van der Waals surface area contributed by atoms with E-state index in [0.29, 0.717) is 11.4 Å². The maximum atomic E-state index is 12.7. The van der Waals surface area contributed by atoms with Crippen LogP contribution < -0.4 is 20.7 Å². The number of carbonyl (C=O) groups excluding carboxylic acids is 3. The van der Waals surface area contributed by atoms with Crippen molar-refractivity contribution in [3.8, 4) is 5.75 Å². The molecule has 4 N–H and O–H groups in total. The van der Waals surface area contributed by atoms with Gasteiger partial charge in [-0.15, -0.1) is 0 Å². The van der Waals surface area contributed by atoms with Crippen LogP contribution in [-0.4, -0.2) is 52.9 Å². The third kappa shape index (κ3) is 6.08. The molecule has 0 saturated heterocycles. The molecule has 0 fully saturated rings. The summed E-state index contributed by atoms with van der Waals surface area (Å²) >= 11 is 0. The Kier molecular flexibility index (Phi) is 6.73. The van der Waals surface area contributed by atoms with Crippen molar-refractivity contribution in [3.05, 3.63) is 23.8 Å². The van der Waals surface area contributed by atoms with Gasteiger partial charge in [0.05, 0.1) is 11.8 Å². The SMILES string of the molecule is Cc1ccc2c(c1)O[C@@H](C)[C@H](NC(=O)[C@@H](NC(=O)OC(C)(C)C)[C@H](C)O)C(=O)N2. The molecule has 1 heterocycles. The molecule has 4 atom stereocenters. The molecular weight excluding hydrogens is 378 g/mol. The van der Waals surface area contributed by atoms with Crippen LogP contribution in [0.4, 0.5) is 10.5 Å². The van der Waals surface area contributed by atoms with Gasteiger partial charge in [0, 0.05) is 0 Å². The van der Waals surface area contributed by atoms with Crippen LogP contribution in [0.5, 0.6) is 5.75 Å². The Morgan fingerprint density at radius 2 is 1.97 bits per heavy atom. The number of anilines is 1. The number of amides is 3. The molecular formula is C20H29N3O6. The zero-order chi connectivity index (χ0) is 21.9. The summed E-state index contributed by atoms with van der Waals surface area (Å²) in [7, 11) is 0. The van der Waals surface area contributed by atoms with Crippen molar-refractivity contribution in [3.63, 3.8) is 0 Å². The van der Waals surface area contributed by atoms with Gasteiger partial charge in [-0.3, -0.25) is 9.59 Å². The Morgan fingerprint density at radius 1 is 1.31 bits per heavy atom. The van der Waals surface area contributed by atoms with Crippen LogP contribution >= 0.6 is 0 Å². The van der Waals surface area contributed by atoms with Gasteiger partial charge in [0.15, 0.2) is 0 Å². The fourth-order valence-electron chi connectivity index (χ4n) is 2.79. The van der Waals surface area contributed by atoms with E-state index in [1.165, 1.54) is 6.92 Å². The molecule has 0 saturated carbocycles. The summed E-state index contributed by atoms with van der Waals surface area (Å²) in [6.45, 7) is 9.94. The van der Waals surface area contributed by atoms with Crippen molar-refractivity contribution < 1.29 is 29.0 Å². The normalized spacial score (nSPS) is 20.9. The van der Waals surface area contributed by atoms with Gasteiger partial charge in [-0.2, -0.15) is 0 Å². The van der Waals surface area contributed by atoms with Gasteiger partial charge >= 0.3 is 6.09 Å². The minimum absolute atomic E-state index is 0.463. The monoisotopic (exact) mass is 407 g/mol. The molecule has 2 rings (SSSR count). The van der Waals surface area contributed by atoms with E-state index in [1.807, 2.05) is 13.0 Å². The minimum atomic E-state index is -1.31. The third-order valence-electron chi connectivity index (χ3n) is 4.19. The van der Waals surface area contributed by atoms with Gasteiger partial charge in [0.1, 0.15) is 29.5 Å². The number of alkyl carbamates (subject to hydrolysis) is 1. The van der Waals surface area contributed by atoms with Gasteiger partial charge in [0.2, 0.25) is 5.91 Å². The van der Waals surface area contributed by atoms with Crippen molar-refractivity contribution in [1.82, 2.24) is 10.6 Å². The third-order valence-corrected chi connectivity index (χ3v) is 4.19. The van der Waals surface area contributed by atoms with Crippen LogP contribution in [0, 0.1) is 6.92 Å². The smallest absolute Gasteiger partial charge is 0.408 e. The Morgan fingerprint density at radius 3 is 2.55 bits per heavy atom. The second-order valence-corrected chi connectivity index (χ2v) is 8.16. The summed E-state index contributed by atoms with van der Waals surface area (Å²) in [5, 5.41) is 17.6. The van der Waals surface area contributed by atoms with Crippen molar-refractivity contribution in [2.75, 3.05) is 5.32 Å². The molecule has 9 nitrogen and oxygen atoms in total. The van der Waals surface area contributed by atoms with Crippen LogP contribution in [0.2, 0.25) is 0 Å². The van der Waals surface area contributed by atoms with E-state index in [1.54, 1.807) is 39.8 Å². The van der Waals surface area contributed by atoms with Crippen LogP contribution in [0.1, 0.15) is 40.2 Å². The molecule has 9 heteroatoms. The Labute approximate surface area is 170 Å². The van der Waals surface area contributed by atoms with Gasteiger partial charge < -0.3 is 30.5 Å². The lowest BCUT2D eigenvalue weighted by atomic mass is 10.1. The van der Waals surface area contributed by atoms with Crippen molar-refractivity contribution in [2.24, 2.45) is 0 Å². The highest BCUT2D eigenvalue weighted by Gasteiger charge is 2.36. The molecule has 0 aromatic heterocycles. The van der Waals surface area contributed by atoms with E-state index in [0.717, 1.165) is 5.56 Å². The molecule has 0 spiro atoms. The van der Waals surface area contributed by atoms with Gasteiger partial charge in [-0.25, -0.2) is 4.79 Å². The number of fused-ring (bicyclic) bond motifs is 1. The number of hydrogen-bond acceptors (Lipinski definition) is 6. The van der Waals surface area contributed by atoms with E-state index < -0.39 is 47.8 Å². The first-order valence-electron chi connectivity index (χ1n) is 9.43. The predicted molar refractivity (Wildman–Crippen MR) is 107 cm³/mol. The molecule has 160 valence electrons. The highest BCUT2D eigenvalue weighted by atomic mass is 16.6. The number of aliphatic hydroxyl groups is 1. The zero-order valence-corrected chi connectivity index (χ0v) is 17.5. The standard InChI is InChI=1S/C20H29N3O6/c1-10-7-8-13-14(9-10)28-12(3)16(18(26)21-13)22-17(25)15(11(2)24)23-19(27)29-20(4,5)6/h7-9,11-12,15-16,24H,1-6H3,(H,21,26)(H,22,25)(H,23,27)/t11-,12-,15-,16-/m0/s1. The summed E-state index contributed by atoms with van der Waals surface area (Å²) in [5.41, 5.74) is 0.698. The van der Waals surface area contributed by atoms with E-state index in [4.69, 9.17) is 9.47 Å². The van der Waals surface area contributed by atoms with E-state index >= 15 is 0 Å². The van der Waals surface area contributed by atoms with Crippen molar-refractivity contribution >= 4 is 23.6 Å². The van der Waals surface area contributed by atoms with Crippen LogP contribution in [-0.2, 0) is 14.3 Å². The van der Waals surface area contributed by atoms with Gasteiger partial charge in [-0.1, -0.05) is 6.07 Å². The van der Waals surface area contributed by atoms with Crippen LogP contribution in [0.25, 0.3) is 0 Å². The fourth-order valence-corrected chi connectivity index (χ4v) is 2.79. The Bertz CT molecular complexity index is 787. The number of carbonyl (C=O) groups is 3. The average Bonchev–Trinajstić information content (AvgIpc) is 2.67. The lowest BCUT2D eigenvalue weighted by Gasteiger charge is -2.27. The number of benzene rings is 1. The first kappa shape index (κ1) is 22.5.